The Kier molecular flexibility index (Phi) is 2.49. The Morgan fingerprint density at radius 1 is 1.17 bits per heavy atom. The predicted molar refractivity (Wildman–Crippen MR) is 75.6 cm³/mol. The zero-order valence-corrected chi connectivity index (χ0v) is 10.6. The molecule has 0 atom stereocenters. The van der Waals surface area contributed by atoms with Gasteiger partial charge in [0.2, 0.25) is 0 Å². The number of benzene rings is 2. The quantitative estimate of drug-likeness (QED) is 0.679. The summed E-state index contributed by atoms with van der Waals surface area (Å²) < 4.78 is 2.02. The van der Waals surface area contributed by atoms with Crippen LogP contribution in [0.4, 0.5) is 5.69 Å². The van der Waals surface area contributed by atoms with Crippen molar-refractivity contribution in [2.45, 2.75) is 0 Å². The van der Waals surface area contributed by atoms with E-state index in [0.717, 1.165) is 22.4 Å². The zero-order chi connectivity index (χ0) is 12.7. The minimum absolute atomic E-state index is 0.655. The van der Waals surface area contributed by atoms with Crippen LogP contribution in [0.5, 0.6) is 0 Å². The lowest BCUT2D eigenvalue weighted by atomic mass is 10.2. The van der Waals surface area contributed by atoms with Gasteiger partial charge in [-0.15, -0.1) is 0 Å². The van der Waals surface area contributed by atoms with Crippen molar-refractivity contribution in [2.75, 3.05) is 5.73 Å². The number of hydrogen-bond donors (Lipinski definition) is 1. The van der Waals surface area contributed by atoms with Crippen LogP contribution in [0.15, 0.2) is 42.5 Å². The number of nitrogens with two attached hydrogens (primary N) is 1. The van der Waals surface area contributed by atoms with Crippen LogP contribution in [-0.2, 0) is 7.05 Å². The molecule has 1 heterocycles. The molecule has 0 unspecified atom stereocenters. The summed E-state index contributed by atoms with van der Waals surface area (Å²) in [4.78, 5) is 4.61. The van der Waals surface area contributed by atoms with Crippen molar-refractivity contribution in [1.82, 2.24) is 9.55 Å². The molecule has 0 saturated carbocycles. The van der Waals surface area contributed by atoms with E-state index in [1.165, 1.54) is 0 Å². The normalized spacial score (nSPS) is 11.0. The van der Waals surface area contributed by atoms with Gasteiger partial charge in [0.05, 0.1) is 16.1 Å². The number of nitrogens with zero attached hydrogens (tertiary/aromatic N) is 2. The summed E-state index contributed by atoms with van der Waals surface area (Å²) in [7, 11) is 1.98. The second kappa shape index (κ2) is 4.03. The standard InChI is InChI=1S/C14H12ClN3/c1-18-13-5-3-2-4-12(13)17-14(18)10-8-9(16)6-7-11(10)15/h2-8H,16H2,1H3. The Balaban J connectivity index is 2.31. The molecular weight excluding hydrogens is 246 g/mol. The molecule has 4 heteroatoms. The van der Waals surface area contributed by atoms with Crippen molar-refractivity contribution < 1.29 is 0 Å². The third-order valence-corrected chi connectivity index (χ3v) is 3.35. The second-order valence-corrected chi connectivity index (χ2v) is 4.63. The predicted octanol–water partition coefficient (Wildman–Crippen LogP) is 3.48. The maximum absolute atomic E-state index is 6.22. The van der Waals surface area contributed by atoms with Crippen molar-refractivity contribution in [3.63, 3.8) is 0 Å². The number of aromatic nitrogens is 2. The van der Waals surface area contributed by atoms with Gasteiger partial charge in [-0.25, -0.2) is 4.98 Å². The SMILES string of the molecule is Cn1c(-c2cc(N)ccc2Cl)nc2ccccc21. The highest BCUT2D eigenvalue weighted by molar-refractivity contribution is 6.33. The van der Waals surface area contributed by atoms with Crippen molar-refractivity contribution >= 4 is 28.3 Å². The molecule has 0 amide bonds. The molecule has 0 spiro atoms. The summed E-state index contributed by atoms with van der Waals surface area (Å²) in [5.74, 6) is 0.827. The van der Waals surface area contributed by atoms with E-state index in [4.69, 9.17) is 17.3 Å². The Morgan fingerprint density at radius 2 is 1.94 bits per heavy atom. The molecule has 0 bridgehead atoms. The maximum atomic E-state index is 6.22. The van der Waals surface area contributed by atoms with Crippen molar-refractivity contribution in [3.05, 3.63) is 47.5 Å². The molecule has 3 aromatic rings. The number of para-hydroxylation sites is 2. The zero-order valence-electron chi connectivity index (χ0n) is 9.89. The number of aryl methyl sites for hydroxylation is 1. The van der Waals surface area contributed by atoms with Crippen LogP contribution >= 0.6 is 11.6 Å². The Morgan fingerprint density at radius 3 is 2.72 bits per heavy atom. The van der Waals surface area contributed by atoms with E-state index in [0.29, 0.717) is 10.7 Å². The molecule has 0 saturated heterocycles. The molecule has 2 N–H and O–H groups in total. The van der Waals surface area contributed by atoms with Crippen molar-refractivity contribution in [3.8, 4) is 11.4 Å². The van der Waals surface area contributed by atoms with Gasteiger partial charge in [0.15, 0.2) is 0 Å². The monoisotopic (exact) mass is 257 g/mol. The summed E-state index contributed by atoms with van der Waals surface area (Å²) in [6, 6.07) is 13.4. The van der Waals surface area contributed by atoms with Crippen molar-refractivity contribution in [1.29, 1.82) is 0 Å². The van der Waals surface area contributed by atoms with E-state index in [9.17, 15) is 0 Å². The summed E-state index contributed by atoms with van der Waals surface area (Å²) in [5.41, 5.74) is 9.38. The van der Waals surface area contributed by atoms with Gasteiger partial charge in [0, 0.05) is 18.3 Å². The van der Waals surface area contributed by atoms with Crippen LogP contribution in [0.2, 0.25) is 5.02 Å². The Bertz CT molecular complexity index is 731. The number of anilines is 1. The number of hydrogen-bond acceptors (Lipinski definition) is 2. The van der Waals surface area contributed by atoms with E-state index < -0.39 is 0 Å². The summed E-state index contributed by atoms with van der Waals surface area (Å²) in [5, 5.41) is 0.655. The third kappa shape index (κ3) is 1.64. The third-order valence-electron chi connectivity index (χ3n) is 3.02. The fourth-order valence-electron chi connectivity index (χ4n) is 2.10. The van der Waals surface area contributed by atoms with Gasteiger partial charge in [0.25, 0.3) is 0 Å². The van der Waals surface area contributed by atoms with E-state index >= 15 is 0 Å². The minimum atomic E-state index is 0.655. The van der Waals surface area contributed by atoms with E-state index in [2.05, 4.69) is 4.98 Å². The molecule has 1 aromatic heterocycles. The molecule has 90 valence electrons. The van der Waals surface area contributed by atoms with Crippen LogP contribution in [-0.4, -0.2) is 9.55 Å². The largest absolute Gasteiger partial charge is 0.399 e. The van der Waals surface area contributed by atoms with Gasteiger partial charge < -0.3 is 10.3 Å². The highest BCUT2D eigenvalue weighted by Gasteiger charge is 2.12. The fourth-order valence-corrected chi connectivity index (χ4v) is 2.30. The lowest BCUT2D eigenvalue weighted by molar-refractivity contribution is 0.959. The number of imidazole rings is 1. The summed E-state index contributed by atoms with van der Waals surface area (Å²) in [6.45, 7) is 0. The van der Waals surface area contributed by atoms with E-state index in [1.54, 1.807) is 12.1 Å². The number of halogens is 1. The first-order valence-electron chi connectivity index (χ1n) is 5.63. The summed E-state index contributed by atoms with van der Waals surface area (Å²) >= 11 is 6.22. The molecule has 18 heavy (non-hydrogen) atoms. The lowest BCUT2D eigenvalue weighted by Gasteiger charge is -2.05. The van der Waals surface area contributed by atoms with Crippen LogP contribution in [0.25, 0.3) is 22.4 Å². The van der Waals surface area contributed by atoms with Crippen molar-refractivity contribution in [2.24, 2.45) is 7.05 Å². The second-order valence-electron chi connectivity index (χ2n) is 4.22. The van der Waals surface area contributed by atoms with Gasteiger partial charge in [-0.2, -0.15) is 0 Å². The van der Waals surface area contributed by atoms with Gasteiger partial charge in [-0.1, -0.05) is 23.7 Å². The van der Waals surface area contributed by atoms with E-state index in [1.807, 2.05) is 41.9 Å². The average molecular weight is 258 g/mol. The highest BCUT2D eigenvalue weighted by atomic mass is 35.5. The van der Waals surface area contributed by atoms with Gasteiger partial charge >= 0.3 is 0 Å². The summed E-state index contributed by atoms with van der Waals surface area (Å²) in [6.07, 6.45) is 0. The molecule has 0 fully saturated rings. The maximum Gasteiger partial charge on any atom is 0.142 e. The molecule has 0 aliphatic carbocycles. The molecule has 0 aliphatic heterocycles. The molecule has 3 rings (SSSR count). The van der Waals surface area contributed by atoms with E-state index in [-0.39, 0.29) is 0 Å². The molecule has 0 aliphatic rings. The first-order valence-corrected chi connectivity index (χ1v) is 6.01. The number of fused-ring (bicyclic) bond motifs is 1. The highest BCUT2D eigenvalue weighted by Crippen LogP contribution is 2.30. The first-order chi connectivity index (χ1) is 8.66. The first kappa shape index (κ1) is 11.1. The average Bonchev–Trinajstić information content (AvgIpc) is 2.71. The van der Waals surface area contributed by atoms with Gasteiger partial charge in [-0.05, 0) is 30.3 Å². The Labute approximate surface area is 110 Å². The Hall–Kier alpha value is -2.00. The number of rotatable bonds is 1. The molecule has 3 nitrogen and oxygen atoms in total. The van der Waals surface area contributed by atoms with Gasteiger partial charge in [0.1, 0.15) is 5.82 Å². The minimum Gasteiger partial charge on any atom is -0.399 e. The smallest absolute Gasteiger partial charge is 0.142 e. The van der Waals surface area contributed by atoms with Gasteiger partial charge in [-0.3, -0.25) is 0 Å². The van der Waals surface area contributed by atoms with Crippen LogP contribution in [0, 0.1) is 0 Å². The van der Waals surface area contributed by atoms with Crippen LogP contribution < -0.4 is 5.73 Å². The molecule has 0 radical (unpaired) electrons. The number of nitrogen functional groups attached to an aromatic ring is 1. The molecular formula is C14H12ClN3. The van der Waals surface area contributed by atoms with Crippen LogP contribution in [0.1, 0.15) is 0 Å². The molecule has 2 aromatic carbocycles. The van der Waals surface area contributed by atoms with Crippen LogP contribution in [0.3, 0.4) is 0 Å². The fraction of sp³-hybridized carbons (Fsp3) is 0.0714. The lowest BCUT2D eigenvalue weighted by Crippen LogP contribution is -1.94. The topological polar surface area (TPSA) is 43.8 Å².